The SMILES string of the molecule is COCC(C)[C@@H]1OC(=O)C=C2C1CC1OC(=O)[C@@]3(C)CCCC2(C)C13. The van der Waals surface area contributed by atoms with E-state index in [1.807, 2.05) is 0 Å². The molecule has 5 nitrogen and oxygen atoms in total. The van der Waals surface area contributed by atoms with Crippen LogP contribution in [0.2, 0.25) is 0 Å². The fourth-order valence-corrected chi connectivity index (χ4v) is 6.37. The topological polar surface area (TPSA) is 61.8 Å². The van der Waals surface area contributed by atoms with Crippen LogP contribution in [0.3, 0.4) is 0 Å². The molecule has 5 unspecified atom stereocenters. The standard InChI is InChI=1S/C20H28O5/c1-11(10-23-4)16-12-8-14-17-19(2,13(12)9-15(21)25-16)6-5-7-20(17,3)18(22)24-14/h9,11-12,14,16-17H,5-8,10H2,1-4H3/t11?,12?,14?,16-,17?,19?,20-/m0/s1. The molecular formula is C20H28O5. The minimum Gasteiger partial charge on any atom is -0.462 e. The van der Waals surface area contributed by atoms with Crippen molar-refractivity contribution in [3.63, 3.8) is 0 Å². The van der Waals surface area contributed by atoms with E-state index in [0.29, 0.717) is 6.61 Å². The zero-order chi connectivity index (χ0) is 18.0. The summed E-state index contributed by atoms with van der Waals surface area (Å²) in [5.41, 5.74) is 0.595. The maximum atomic E-state index is 12.6. The average molecular weight is 348 g/mol. The van der Waals surface area contributed by atoms with Crippen molar-refractivity contribution in [1.29, 1.82) is 0 Å². The molecule has 138 valence electrons. The Morgan fingerprint density at radius 1 is 1.24 bits per heavy atom. The van der Waals surface area contributed by atoms with Crippen LogP contribution in [0.15, 0.2) is 11.6 Å². The highest BCUT2D eigenvalue weighted by atomic mass is 16.6. The molecule has 0 bridgehead atoms. The highest BCUT2D eigenvalue weighted by Gasteiger charge is 2.67. The molecule has 3 fully saturated rings. The number of esters is 2. The summed E-state index contributed by atoms with van der Waals surface area (Å²) in [4.78, 5) is 25.0. The summed E-state index contributed by atoms with van der Waals surface area (Å²) >= 11 is 0. The fraction of sp³-hybridized carbons (Fsp3) is 0.800. The predicted octanol–water partition coefficient (Wildman–Crippen LogP) is 2.88. The molecule has 4 aliphatic rings. The minimum absolute atomic E-state index is 0.0543. The second-order valence-electron chi connectivity index (χ2n) is 8.89. The Morgan fingerprint density at radius 2 is 1.96 bits per heavy atom. The van der Waals surface area contributed by atoms with Crippen molar-refractivity contribution in [2.24, 2.45) is 28.6 Å². The summed E-state index contributed by atoms with van der Waals surface area (Å²) < 4.78 is 16.9. The number of methoxy groups -OCH3 is 1. The molecule has 4 rings (SSSR count). The second kappa shape index (κ2) is 5.57. The molecule has 2 aliphatic heterocycles. The first-order valence-corrected chi connectivity index (χ1v) is 9.44. The van der Waals surface area contributed by atoms with Gasteiger partial charge in [-0.05, 0) is 37.2 Å². The maximum absolute atomic E-state index is 12.6. The largest absolute Gasteiger partial charge is 0.462 e. The van der Waals surface area contributed by atoms with E-state index in [4.69, 9.17) is 14.2 Å². The third kappa shape index (κ3) is 2.24. The van der Waals surface area contributed by atoms with Gasteiger partial charge in [-0.3, -0.25) is 4.79 Å². The number of ether oxygens (including phenoxy) is 3. The number of carbonyl (C=O) groups excluding carboxylic acids is 2. The Hall–Kier alpha value is -1.36. The lowest BCUT2D eigenvalue weighted by atomic mass is 9.47. The summed E-state index contributed by atoms with van der Waals surface area (Å²) in [6.07, 6.45) is 5.06. The summed E-state index contributed by atoms with van der Waals surface area (Å²) in [7, 11) is 1.67. The second-order valence-corrected chi connectivity index (χ2v) is 8.89. The van der Waals surface area contributed by atoms with Crippen molar-refractivity contribution in [1.82, 2.24) is 0 Å². The minimum atomic E-state index is -0.418. The first-order valence-electron chi connectivity index (χ1n) is 9.44. The van der Waals surface area contributed by atoms with Crippen LogP contribution in [-0.2, 0) is 23.8 Å². The van der Waals surface area contributed by atoms with E-state index in [-0.39, 0.29) is 47.3 Å². The number of cyclic esters (lactones) is 1. The van der Waals surface area contributed by atoms with Crippen molar-refractivity contribution < 1.29 is 23.8 Å². The van der Waals surface area contributed by atoms with Crippen LogP contribution in [-0.4, -0.2) is 37.9 Å². The number of hydrogen-bond donors (Lipinski definition) is 0. The predicted molar refractivity (Wildman–Crippen MR) is 90.5 cm³/mol. The smallest absolute Gasteiger partial charge is 0.331 e. The van der Waals surface area contributed by atoms with Crippen LogP contribution in [0.1, 0.15) is 46.5 Å². The molecule has 25 heavy (non-hydrogen) atoms. The number of carbonyl (C=O) groups is 2. The van der Waals surface area contributed by atoms with Crippen LogP contribution in [0.25, 0.3) is 0 Å². The molecular weight excluding hydrogens is 320 g/mol. The lowest BCUT2D eigenvalue weighted by molar-refractivity contribution is -0.158. The van der Waals surface area contributed by atoms with E-state index in [1.54, 1.807) is 13.2 Å². The van der Waals surface area contributed by atoms with Gasteiger partial charge in [0, 0.05) is 30.9 Å². The number of rotatable bonds is 3. The molecule has 2 saturated carbocycles. The Balaban J connectivity index is 1.77. The lowest BCUT2D eigenvalue weighted by Gasteiger charge is -2.56. The summed E-state index contributed by atoms with van der Waals surface area (Å²) in [5, 5.41) is 0. The molecule has 0 aromatic carbocycles. The Kier molecular flexibility index (Phi) is 3.80. The summed E-state index contributed by atoms with van der Waals surface area (Å²) in [6, 6.07) is 0. The monoisotopic (exact) mass is 348 g/mol. The zero-order valence-electron chi connectivity index (χ0n) is 15.5. The molecule has 2 aliphatic carbocycles. The van der Waals surface area contributed by atoms with E-state index in [9.17, 15) is 9.59 Å². The van der Waals surface area contributed by atoms with Gasteiger partial charge in [0.05, 0.1) is 12.0 Å². The first kappa shape index (κ1) is 17.1. The molecule has 1 saturated heterocycles. The van der Waals surface area contributed by atoms with Crippen LogP contribution in [0.4, 0.5) is 0 Å². The Morgan fingerprint density at radius 3 is 2.68 bits per heavy atom. The molecule has 0 amide bonds. The molecule has 7 atom stereocenters. The fourth-order valence-electron chi connectivity index (χ4n) is 6.37. The highest BCUT2D eigenvalue weighted by molar-refractivity contribution is 5.85. The summed E-state index contributed by atoms with van der Waals surface area (Å²) in [6.45, 7) is 6.90. The molecule has 5 heteroatoms. The maximum Gasteiger partial charge on any atom is 0.331 e. The normalized spacial score (nSPS) is 46.5. The van der Waals surface area contributed by atoms with Gasteiger partial charge >= 0.3 is 11.9 Å². The van der Waals surface area contributed by atoms with Crippen molar-refractivity contribution in [3.05, 3.63) is 11.6 Å². The van der Waals surface area contributed by atoms with Gasteiger partial charge < -0.3 is 14.2 Å². The Bertz CT molecular complexity index is 640. The van der Waals surface area contributed by atoms with E-state index < -0.39 is 5.41 Å². The average Bonchev–Trinajstić information content (AvgIpc) is 2.80. The third-order valence-electron chi connectivity index (χ3n) is 7.32. The van der Waals surface area contributed by atoms with Gasteiger partial charge in [-0.25, -0.2) is 4.79 Å². The van der Waals surface area contributed by atoms with Gasteiger partial charge in [-0.15, -0.1) is 0 Å². The van der Waals surface area contributed by atoms with Crippen molar-refractivity contribution >= 4 is 11.9 Å². The molecule has 0 aromatic rings. The van der Waals surface area contributed by atoms with Gasteiger partial charge in [0.15, 0.2) is 0 Å². The van der Waals surface area contributed by atoms with Gasteiger partial charge in [0.1, 0.15) is 12.2 Å². The summed E-state index contributed by atoms with van der Waals surface area (Å²) in [5.74, 6) is 0.0723. The van der Waals surface area contributed by atoms with Crippen molar-refractivity contribution in [2.45, 2.75) is 58.7 Å². The molecule has 2 heterocycles. The molecule has 0 spiro atoms. The zero-order valence-corrected chi connectivity index (χ0v) is 15.5. The van der Waals surface area contributed by atoms with Crippen LogP contribution >= 0.6 is 0 Å². The van der Waals surface area contributed by atoms with Gasteiger partial charge in [-0.1, -0.05) is 20.3 Å². The van der Waals surface area contributed by atoms with Gasteiger partial charge in [-0.2, -0.15) is 0 Å². The van der Waals surface area contributed by atoms with Crippen molar-refractivity contribution in [2.75, 3.05) is 13.7 Å². The Labute approximate surface area is 149 Å². The van der Waals surface area contributed by atoms with E-state index in [2.05, 4.69) is 20.8 Å². The molecule has 0 N–H and O–H groups in total. The van der Waals surface area contributed by atoms with Crippen LogP contribution in [0, 0.1) is 28.6 Å². The van der Waals surface area contributed by atoms with Crippen LogP contribution < -0.4 is 0 Å². The van der Waals surface area contributed by atoms with Crippen LogP contribution in [0.5, 0.6) is 0 Å². The number of fused-ring (bicyclic) bond motifs is 2. The van der Waals surface area contributed by atoms with Gasteiger partial charge in [0.25, 0.3) is 0 Å². The lowest BCUT2D eigenvalue weighted by Crippen LogP contribution is -2.56. The van der Waals surface area contributed by atoms with E-state index >= 15 is 0 Å². The molecule has 0 radical (unpaired) electrons. The highest BCUT2D eigenvalue weighted by Crippen LogP contribution is 2.66. The molecule has 0 aromatic heterocycles. The number of hydrogen-bond acceptors (Lipinski definition) is 5. The quantitative estimate of drug-likeness (QED) is 0.734. The first-order chi connectivity index (χ1) is 11.8. The van der Waals surface area contributed by atoms with Gasteiger partial charge in [0.2, 0.25) is 0 Å². The third-order valence-corrected chi connectivity index (χ3v) is 7.32. The van der Waals surface area contributed by atoms with E-state index in [1.165, 1.54) is 5.57 Å². The van der Waals surface area contributed by atoms with E-state index in [0.717, 1.165) is 25.7 Å². The van der Waals surface area contributed by atoms with Crippen molar-refractivity contribution in [3.8, 4) is 0 Å².